The first-order chi connectivity index (χ1) is 16.9. The third-order valence-electron chi connectivity index (χ3n) is 6.51. The molecule has 3 aromatic rings. The molecule has 35 heavy (non-hydrogen) atoms. The molecule has 0 aliphatic carbocycles. The normalized spacial score (nSPS) is 17.6. The Morgan fingerprint density at radius 1 is 1.17 bits per heavy atom. The Kier molecular flexibility index (Phi) is 6.52. The summed E-state index contributed by atoms with van der Waals surface area (Å²) in [5.74, 6) is 6.93. The quantitative estimate of drug-likeness (QED) is 0.549. The highest BCUT2D eigenvalue weighted by atomic mass is 32.1. The summed E-state index contributed by atoms with van der Waals surface area (Å²) in [4.78, 5) is 20.2. The summed E-state index contributed by atoms with van der Waals surface area (Å²) in [5.41, 5.74) is 4.83. The number of rotatable bonds is 4. The van der Waals surface area contributed by atoms with Crippen LogP contribution >= 0.6 is 11.3 Å². The predicted molar refractivity (Wildman–Crippen MR) is 137 cm³/mol. The fraction of sp³-hybridized carbons (Fsp3) is 0.385. The van der Waals surface area contributed by atoms with Gasteiger partial charge in [-0.2, -0.15) is 0 Å². The highest BCUT2D eigenvalue weighted by molar-refractivity contribution is 7.15. The number of carboxylic acids is 1. The highest BCUT2D eigenvalue weighted by Crippen LogP contribution is 2.39. The fourth-order valence-electron chi connectivity index (χ4n) is 4.52. The molecular formula is C26H28N6O2S. The van der Waals surface area contributed by atoms with E-state index in [1.165, 1.54) is 4.88 Å². The van der Waals surface area contributed by atoms with Gasteiger partial charge in [-0.1, -0.05) is 24.0 Å². The molecular weight excluding hydrogens is 460 g/mol. The summed E-state index contributed by atoms with van der Waals surface area (Å²) in [5, 5.41) is 22.5. The summed E-state index contributed by atoms with van der Waals surface area (Å²) in [6, 6.07) is 7.46. The van der Waals surface area contributed by atoms with E-state index in [-0.39, 0.29) is 6.42 Å². The van der Waals surface area contributed by atoms with Gasteiger partial charge in [-0.3, -0.25) is 19.3 Å². The van der Waals surface area contributed by atoms with E-state index in [1.54, 1.807) is 11.3 Å². The molecule has 8 nitrogen and oxygen atoms in total. The van der Waals surface area contributed by atoms with Crippen molar-refractivity contribution in [2.24, 2.45) is 4.99 Å². The van der Waals surface area contributed by atoms with Crippen LogP contribution in [0.5, 0.6) is 0 Å². The van der Waals surface area contributed by atoms with E-state index in [0.29, 0.717) is 5.82 Å². The van der Waals surface area contributed by atoms with Crippen molar-refractivity contribution in [2.75, 3.05) is 32.7 Å². The lowest BCUT2D eigenvalue weighted by atomic mass is 9.98. The van der Waals surface area contributed by atoms with Crippen LogP contribution in [-0.2, 0) is 4.79 Å². The Balaban J connectivity index is 1.52. The summed E-state index contributed by atoms with van der Waals surface area (Å²) in [6.07, 6.45) is -0.149. The van der Waals surface area contributed by atoms with Crippen LogP contribution < -0.4 is 5.32 Å². The Labute approximate surface area is 208 Å². The number of aliphatic imine (C=N–C) groups is 1. The predicted octanol–water partition coefficient (Wildman–Crippen LogP) is 2.88. The first kappa shape index (κ1) is 23.4. The zero-order chi connectivity index (χ0) is 24.5. The second-order valence-electron chi connectivity index (χ2n) is 8.90. The maximum absolute atomic E-state index is 11.7. The smallest absolute Gasteiger partial charge is 0.306 e. The number of hydrogen-bond donors (Lipinski definition) is 2. The van der Waals surface area contributed by atoms with Crippen LogP contribution in [-0.4, -0.2) is 69.2 Å². The third kappa shape index (κ3) is 4.65. The number of benzene rings is 1. The molecule has 180 valence electrons. The van der Waals surface area contributed by atoms with Crippen LogP contribution in [0.4, 0.5) is 0 Å². The zero-order valence-corrected chi connectivity index (χ0v) is 20.9. The number of nitrogens with one attached hydrogen (secondary N) is 1. The highest BCUT2D eigenvalue weighted by Gasteiger charge is 2.32. The molecule has 2 aliphatic heterocycles. The van der Waals surface area contributed by atoms with Crippen LogP contribution in [0.15, 0.2) is 29.3 Å². The van der Waals surface area contributed by atoms with Crippen LogP contribution in [0.1, 0.15) is 51.2 Å². The van der Waals surface area contributed by atoms with E-state index in [4.69, 9.17) is 4.99 Å². The number of aliphatic carboxylic acids is 1. The number of aryl methyl sites for hydroxylation is 2. The van der Waals surface area contributed by atoms with Gasteiger partial charge in [-0.15, -0.1) is 21.5 Å². The van der Waals surface area contributed by atoms with Gasteiger partial charge in [-0.25, -0.2) is 0 Å². The third-order valence-corrected chi connectivity index (χ3v) is 7.70. The largest absolute Gasteiger partial charge is 0.481 e. The number of hydrogen-bond acceptors (Lipinski definition) is 7. The van der Waals surface area contributed by atoms with Crippen molar-refractivity contribution in [3.05, 3.63) is 63.0 Å². The summed E-state index contributed by atoms with van der Waals surface area (Å²) >= 11 is 1.66. The van der Waals surface area contributed by atoms with E-state index in [9.17, 15) is 9.90 Å². The summed E-state index contributed by atoms with van der Waals surface area (Å²) < 4.78 is 1.97. The SMILES string of the molecule is Cc1sc2c(c1C)C(c1ccc(C#CCN3CCNCC3)cc1)=N[C@@H](CC(=O)O)c1nnc(C)n1-2. The molecule has 1 atom stereocenters. The minimum absolute atomic E-state index is 0.149. The number of carbonyl (C=O) groups is 1. The van der Waals surface area contributed by atoms with E-state index in [2.05, 4.69) is 46.1 Å². The molecule has 1 saturated heterocycles. The van der Waals surface area contributed by atoms with E-state index < -0.39 is 12.0 Å². The molecule has 1 aromatic carbocycles. The molecule has 0 saturated carbocycles. The maximum atomic E-state index is 11.7. The lowest BCUT2D eigenvalue weighted by molar-refractivity contribution is -0.137. The van der Waals surface area contributed by atoms with Gasteiger partial charge >= 0.3 is 5.97 Å². The molecule has 2 aromatic heterocycles. The molecule has 0 radical (unpaired) electrons. The maximum Gasteiger partial charge on any atom is 0.306 e. The molecule has 1 fully saturated rings. The second kappa shape index (κ2) is 9.74. The summed E-state index contributed by atoms with van der Waals surface area (Å²) in [6.45, 7) is 10.9. The number of thiophene rings is 1. The van der Waals surface area contributed by atoms with Crippen molar-refractivity contribution in [2.45, 2.75) is 33.2 Å². The van der Waals surface area contributed by atoms with Gasteiger partial charge in [0.2, 0.25) is 0 Å². The lowest BCUT2D eigenvalue weighted by Crippen LogP contribution is -2.43. The van der Waals surface area contributed by atoms with Crippen molar-refractivity contribution < 1.29 is 9.90 Å². The van der Waals surface area contributed by atoms with Crippen LogP contribution in [0.3, 0.4) is 0 Å². The first-order valence-electron chi connectivity index (χ1n) is 11.8. The van der Waals surface area contributed by atoms with Gasteiger partial charge in [0.15, 0.2) is 5.82 Å². The molecule has 0 amide bonds. The van der Waals surface area contributed by atoms with Crippen molar-refractivity contribution in [1.82, 2.24) is 25.0 Å². The van der Waals surface area contributed by atoms with Crippen molar-refractivity contribution in [3.63, 3.8) is 0 Å². The fourth-order valence-corrected chi connectivity index (χ4v) is 5.74. The molecule has 2 aliphatic rings. The minimum Gasteiger partial charge on any atom is -0.481 e. The van der Waals surface area contributed by atoms with Gasteiger partial charge in [-0.05, 0) is 38.5 Å². The lowest BCUT2D eigenvalue weighted by Gasteiger charge is -2.24. The zero-order valence-electron chi connectivity index (χ0n) is 20.1. The Hall–Kier alpha value is -3.32. The number of fused-ring (bicyclic) bond motifs is 3. The van der Waals surface area contributed by atoms with E-state index in [0.717, 1.165) is 71.5 Å². The molecule has 0 unspecified atom stereocenters. The van der Waals surface area contributed by atoms with Crippen molar-refractivity contribution >= 4 is 23.0 Å². The molecule has 2 N–H and O–H groups in total. The van der Waals surface area contributed by atoms with Gasteiger partial charge in [0, 0.05) is 47.7 Å². The topological polar surface area (TPSA) is 95.6 Å². The average Bonchev–Trinajstić information content (AvgIpc) is 3.32. The molecule has 4 heterocycles. The van der Waals surface area contributed by atoms with Crippen LogP contribution in [0.25, 0.3) is 5.00 Å². The van der Waals surface area contributed by atoms with Gasteiger partial charge in [0.1, 0.15) is 16.9 Å². The number of piperazine rings is 1. The van der Waals surface area contributed by atoms with Crippen LogP contribution in [0.2, 0.25) is 0 Å². The number of aromatic nitrogens is 3. The van der Waals surface area contributed by atoms with Crippen molar-refractivity contribution in [1.29, 1.82) is 0 Å². The molecule has 0 bridgehead atoms. The first-order valence-corrected chi connectivity index (χ1v) is 12.6. The number of carboxylic acid groups (broad SMARTS) is 1. The monoisotopic (exact) mass is 488 g/mol. The average molecular weight is 489 g/mol. The van der Waals surface area contributed by atoms with Gasteiger partial charge in [0.25, 0.3) is 0 Å². The van der Waals surface area contributed by atoms with Gasteiger partial charge in [0.05, 0.1) is 18.7 Å². The molecule has 5 rings (SSSR count). The molecule has 0 spiro atoms. The number of nitrogens with zero attached hydrogens (tertiary/aromatic N) is 5. The molecule has 9 heteroatoms. The minimum atomic E-state index is -0.918. The Bertz CT molecular complexity index is 1350. The van der Waals surface area contributed by atoms with E-state index >= 15 is 0 Å². The van der Waals surface area contributed by atoms with E-state index in [1.807, 2.05) is 35.8 Å². The van der Waals surface area contributed by atoms with Crippen LogP contribution in [0, 0.1) is 32.6 Å². The second-order valence-corrected chi connectivity index (χ2v) is 10.1. The summed E-state index contributed by atoms with van der Waals surface area (Å²) in [7, 11) is 0. The Morgan fingerprint density at radius 2 is 1.91 bits per heavy atom. The standard InChI is InChI=1S/C26H28N6O2S/c1-16-17(2)35-26-23(16)24(28-21(15-22(33)34)25-30-29-18(3)32(25)26)20-8-6-19(7-9-20)5-4-12-31-13-10-27-11-14-31/h6-9,21,27H,10-15H2,1-3H3,(H,33,34)/t21-/m0/s1. The van der Waals surface area contributed by atoms with Crippen molar-refractivity contribution in [3.8, 4) is 16.8 Å². The Morgan fingerprint density at radius 3 is 2.63 bits per heavy atom. The van der Waals surface area contributed by atoms with Gasteiger partial charge < -0.3 is 10.4 Å².